The van der Waals surface area contributed by atoms with Crippen molar-refractivity contribution in [2.45, 2.75) is 12.8 Å². The minimum atomic E-state index is 0.854. The van der Waals surface area contributed by atoms with Gasteiger partial charge in [0.2, 0.25) is 0 Å². The van der Waals surface area contributed by atoms with Crippen molar-refractivity contribution in [3.8, 4) is 17.0 Å². The predicted octanol–water partition coefficient (Wildman–Crippen LogP) is 6.18. The Balaban J connectivity index is 1.95. The molecule has 0 fully saturated rings. The molecule has 0 spiro atoms. The van der Waals surface area contributed by atoms with Crippen LogP contribution in [-0.4, -0.2) is 12.1 Å². The zero-order valence-electron chi connectivity index (χ0n) is 14.9. The highest BCUT2D eigenvalue weighted by Gasteiger charge is 2.10. The number of aromatic nitrogens is 1. The molecule has 2 nitrogen and oxygen atoms in total. The van der Waals surface area contributed by atoms with Crippen molar-refractivity contribution < 1.29 is 4.74 Å². The van der Waals surface area contributed by atoms with Gasteiger partial charge in [-0.2, -0.15) is 0 Å². The second-order valence-corrected chi connectivity index (χ2v) is 6.40. The number of hydrogen-bond acceptors (Lipinski definition) is 2. The largest absolute Gasteiger partial charge is 0.497 e. The van der Waals surface area contributed by atoms with Gasteiger partial charge in [-0.15, -0.1) is 6.58 Å². The monoisotopic (exact) mass is 339 g/mol. The summed E-state index contributed by atoms with van der Waals surface area (Å²) >= 11 is 0. The van der Waals surface area contributed by atoms with Crippen molar-refractivity contribution in [2.24, 2.45) is 0 Å². The number of fused-ring (bicyclic) bond motifs is 3. The van der Waals surface area contributed by atoms with Gasteiger partial charge < -0.3 is 4.74 Å². The number of hydrogen-bond donors (Lipinski definition) is 0. The number of nitrogens with zero attached hydrogens (tertiary/aromatic N) is 1. The molecule has 0 aliphatic rings. The summed E-state index contributed by atoms with van der Waals surface area (Å²) < 4.78 is 5.27. The summed E-state index contributed by atoms with van der Waals surface area (Å²) in [5.41, 5.74) is 4.45. The van der Waals surface area contributed by atoms with Crippen molar-refractivity contribution in [2.75, 3.05) is 7.11 Å². The quantitative estimate of drug-likeness (QED) is 0.320. The molecular weight excluding hydrogens is 318 g/mol. The van der Waals surface area contributed by atoms with Gasteiger partial charge in [0.05, 0.1) is 18.3 Å². The Morgan fingerprint density at radius 3 is 2.58 bits per heavy atom. The highest BCUT2D eigenvalue weighted by Crippen LogP contribution is 2.32. The highest BCUT2D eigenvalue weighted by atomic mass is 16.5. The number of aryl methyl sites for hydroxylation is 1. The van der Waals surface area contributed by atoms with Gasteiger partial charge in [-0.3, -0.25) is 0 Å². The molecular formula is C24H21NO. The molecule has 0 bridgehead atoms. The van der Waals surface area contributed by atoms with Crippen molar-refractivity contribution in [1.82, 2.24) is 4.98 Å². The van der Waals surface area contributed by atoms with E-state index in [1.165, 1.54) is 21.7 Å². The molecule has 3 aromatic carbocycles. The molecule has 0 amide bonds. The number of benzene rings is 3. The molecule has 0 radical (unpaired) electrons. The third kappa shape index (κ3) is 2.95. The van der Waals surface area contributed by atoms with Crippen molar-refractivity contribution in [3.63, 3.8) is 0 Å². The van der Waals surface area contributed by atoms with Crippen LogP contribution in [0.5, 0.6) is 5.75 Å². The van der Waals surface area contributed by atoms with Crippen LogP contribution in [-0.2, 0) is 6.42 Å². The molecule has 0 saturated heterocycles. The van der Waals surface area contributed by atoms with Crippen LogP contribution in [0.4, 0.5) is 0 Å². The van der Waals surface area contributed by atoms with Gasteiger partial charge in [0, 0.05) is 10.9 Å². The van der Waals surface area contributed by atoms with Crippen molar-refractivity contribution in [3.05, 3.63) is 84.9 Å². The third-order valence-corrected chi connectivity index (χ3v) is 4.78. The third-order valence-electron chi connectivity index (χ3n) is 4.78. The SMILES string of the molecule is C=CCCc1cc(-c2ccc(OC)cc2)nc2ccc3ccccc3c12. The Labute approximate surface area is 153 Å². The molecule has 0 saturated carbocycles. The number of ether oxygens (including phenoxy) is 1. The van der Waals surface area contributed by atoms with Gasteiger partial charge in [-0.05, 0) is 65.6 Å². The maximum absolute atomic E-state index is 5.27. The Kier molecular flexibility index (Phi) is 4.40. The molecule has 26 heavy (non-hydrogen) atoms. The molecule has 128 valence electrons. The molecule has 0 aliphatic heterocycles. The van der Waals surface area contributed by atoms with E-state index in [1.54, 1.807) is 7.11 Å². The summed E-state index contributed by atoms with van der Waals surface area (Å²) in [6, 6.07) is 23.1. The fourth-order valence-corrected chi connectivity index (χ4v) is 3.45. The maximum atomic E-state index is 5.27. The normalized spacial score (nSPS) is 11.0. The highest BCUT2D eigenvalue weighted by molar-refractivity contribution is 6.08. The second-order valence-electron chi connectivity index (χ2n) is 6.40. The average molecular weight is 339 g/mol. The van der Waals surface area contributed by atoms with Crippen LogP contribution >= 0.6 is 0 Å². The minimum Gasteiger partial charge on any atom is -0.497 e. The summed E-state index contributed by atoms with van der Waals surface area (Å²) in [7, 11) is 1.68. The zero-order chi connectivity index (χ0) is 17.9. The topological polar surface area (TPSA) is 22.1 Å². The summed E-state index contributed by atoms with van der Waals surface area (Å²) in [5, 5.41) is 3.76. The molecule has 0 aliphatic carbocycles. The molecule has 4 aromatic rings. The first-order chi connectivity index (χ1) is 12.8. The maximum Gasteiger partial charge on any atom is 0.118 e. The van der Waals surface area contributed by atoms with E-state index in [-0.39, 0.29) is 0 Å². The molecule has 0 unspecified atom stereocenters. The summed E-state index contributed by atoms with van der Waals surface area (Å²) in [6.07, 6.45) is 3.88. The fraction of sp³-hybridized carbons (Fsp3) is 0.125. The fourth-order valence-electron chi connectivity index (χ4n) is 3.45. The van der Waals surface area contributed by atoms with Crippen LogP contribution in [0.25, 0.3) is 32.9 Å². The van der Waals surface area contributed by atoms with Gasteiger partial charge in [0.15, 0.2) is 0 Å². The smallest absolute Gasteiger partial charge is 0.118 e. The minimum absolute atomic E-state index is 0.854. The van der Waals surface area contributed by atoms with Crippen LogP contribution in [0.1, 0.15) is 12.0 Å². The van der Waals surface area contributed by atoms with Crippen LogP contribution in [0.2, 0.25) is 0 Å². The molecule has 2 heteroatoms. The Morgan fingerprint density at radius 2 is 1.81 bits per heavy atom. The standard InChI is InChI=1S/C24H21NO/c1-3-4-7-19-16-23(18-10-13-20(26-2)14-11-18)25-22-15-12-17-8-5-6-9-21(17)24(19)22/h3,5-6,8-16H,1,4,7H2,2H3. The van der Waals surface area contributed by atoms with Crippen LogP contribution < -0.4 is 4.74 Å². The molecule has 1 aromatic heterocycles. The van der Waals surface area contributed by atoms with E-state index in [0.29, 0.717) is 0 Å². The van der Waals surface area contributed by atoms with Crippen molar-refractivity contribution in [1.29, 1.82) is 0 Å². The number of rotatable bonds is 5. The van der Waals surface area contributed by atoms with E-state index in [9.17, 15) is 0 Å². The molecule has 0 atom stereocenters. The van der Waals surface area contributed by atoms with Gasteiger partial charge in [0.25, 0.3) is 0 Å². The lowest BCUT2D eigenvalue weighted by atomic mass is 9.96. The summed E-state index contributed by atoms with van der Waals surface area (Å²) in [5.74, 6) is 0.854. The van der Waals surface area contributed by atoms with E-state index in [1.807, 2.05) is 18.2 Å². The molecule has 0 N–H and O–H groups in total. The van der Waals surface area contributed by atoms with Crippen LogP contribution in [0.3, 0.4) is 0 Å². The lowest BCUT2D eigenvalue weighted by molar-refractivity contribution is 0.415. The van der Waals surface area contributed by atoms with E-state index in [0.717, 1.165) is 35.4 Å². The lowest BCUT2D eigenvalue weighted by Crippen LogP contribution is -1.94. The Hall–Kier alpha value is -3.13. The summed E-state index contributed by atoms with van der Waals surface area (Å²) in [4.78, 5) is 4.95. The number of pyridine rings is 1. The lowest BCUT2D eigenvalue weighted by Gasteiger charge is -2.12. The summed E-state index contributed by atoms with van der Waals surface area (Å²) in [6.45, 7) is 3.89. The zero-order valence-corrected chi connectivity index (χ0v) is 14.9. The van der Waals surface area contributed by atoms with E-state index in [4.69, 9.17) is 9.72 Å². The number of allylic oxidation sites excluding steroid dienone is 1. The van der Waals surface area contributed by atoms with E-state index in [2.05, 4.69) is 61.2 Å². The molecule has 4 rings (SSSR count). The number of methoxy groups -OCH3 is 1. The molecule has 1 heterocycles. The van der Waals surface area contributed by atoms with E-state index >= 15 is 0 Å². The second kappa shape index (κ2) is 7.01. The first kappa shape index (κ1) is 16.3. The van der Waals surface area contributed by atoms with E-state index < -0.39 is 0 Å². The first-order valence-electron chi connectivity index (χ1n) is 8.87. The Bertz CT molecular complexity index is 1080. The van der Waals surface area contributed by atoms with Gasteiger partial charge in [-0.1, -0.05) is 36.4 Å². The average Bonchev–Trinajstić information content (AvgIpc) is 2.71. The van der Waals surface area contributed by atoms with Crippen LogP contribution in [0.15, 0.2) is 79.4 Å². The van der Waals surface area contributed by atoms with Gasteiger partial charge in [-0.25, -0.2) is 4.98 Å². The first-order valence-corrected chi connectivity index (χ1v) is 8.87. The predicted molar refractivity (Wildman–Crippen MR) is 110 cm³/mol. The van der Waals surface area contributed by atoms with Crippen molar-refractivity contribution >= 4 is 21.7 Å². The Morgan fingerprint density at radius 1 is 1.00 bits per heavy atom. The van der Waals surface area contributed by atoms with Crippen LogP contribution in [0, 0.1) is 0 Å². The van der Waals surface area contributed by atoms with Gasteiger partial charge >= 0.3 is 0 Å². The van der Waals surface area contributed by atoms with Gasteiger partial charge in [0.1, 0.15) is 5.75 Å².